The molecule has 0 spiro atoms. The van der Waals surface area contributed by atoms with Crippen molar-refractivity contribution in [2.24, 2.45) is 98.8 Å². The number of guanidine groups is 6. The van der Waals surface area contributed by atoms with Gasteiger partial charge in [-0.2, -0.15) is 0 Å². The summed E-state index contributed by atoms with van der Waals surface area (Å²) in [6, 6.07) is -10.3. The minimum atomic E-state index is -1.68. The molecule has 9 amide bonds. The molecule has 1 unspecified atom stereocenters. The third-order valence-corrected chi connectivity index (χ3v) is 14.7. The second-order valence-corrected chi connectivity index (χ2v) is 22.8. The summed E-state index contributed by atoms with van der Waals surface area (Å²) in [7, 11) is 0. The molecule has 3 rings (SSSR count). The number of nitrogens with zero attached hydrogens (tertiary/aromatic N) is 10. The Morgan fingerprint density at radius 1 is 0.465 bits per heavy atom. The number of amides is 9. The van der Waals surface area contributed by atoms with Crippen LogP contribution in [0.1, 0.15) is 103 Å². The normalized spacial score (nSPS) is 16.6. The maximum absolute atomic E-state index is 14.6. The zero-order valence-corrected chi connectivity index (χ0v) is 55.9. The monoisotopic (exact) mass is 1430 g/mol. The second-order valence-electron chi connectivity index (χ2n) is 22.8. The molecule has 0 radical (unpaired) electrons. The molecule has 46 nitrogen and oxygen atoms in total. The van der Waals surface area contributed by atoms with Crippen LogP contribution in [0.3, 0.4) is 0 Å². The van der Waals surface area contributed by atoms with Gasteiger partial charge in [0.2, 0.25) is 47.3 Å². The molecule has 2 aromatic rings. The molecule has 562 valence electrons. The van der Waals surface area contributed by atoms with Gasteiger partial charge in [0.15, 0.2) is 59.6 Å². The number of imidazole rings is 1. The van der Waals surface area contributed by atoms with E-state index in [1.54, 1.807) is 0 Å². The molecular weight excluding hydrogens is 1330 g/mol. The molecule has 0 saturated carbocycles. The lowest BCUT2D eigenvalue weighted by Gasteiger charge is -2.28. The topological polar surface area (TPSA) is 805 Å². The van der Waals surface area contributed by atoms with Gasteiger partial charge < -0.3 is 142 Å². The Bertz CT molecular complexity index is 3290. The van der Waals surface area contributed by atoms with E-state index < -0.39 is 126 Å². The van der Waals surface area contributed by atoms with Gasteiger partial charge in [0.05, 0.1) is 6.33 Å². The number of aliphatic carboxylic acids is 1. The number of carbonyl (C=O) groups excluding carboxylic acids is 9. The SMILES string of the molecule is C[C@@H](NC(=O)CCNC(=O)CCNC(=O)[C@H]1OC(n2cnc3c(N)ncnc32)[C@H](O)[C@@H]1O)C(=O)N[C@H](CCCN=C(N)N)C(=O)N[C@H](CCCN=C(N)N)C(=O)N[C@H](CCCN=C(N)N)C(=O)N[C@H](CCCN=C(N)N)C(=O)N[C@H](CCCN=C(N)N)C(=O)N[C@H](CCCN=C(N)N)C(=O)O. The number of nitrogens with two attached hydrogens (primary N) is 13. The van der Waals surface area contributed by atoms with Gasteiger partial charge >= 0.3 is 5.97 Å². The van der Waals surface area contributed by atoms with E-state index in [0.717, 1.165) is 6.33 Å². The lowest BCUT2D eigenvalue weighted by Crippen LogP contribution is -2.60. The Balaban J connectivity index is 1.81. The highest BCUT2D eigenvalue weighted by Crippen LogP contribution is 2.32. The van der Waals surface area contributed by atoms with Gasteiger partial charge in [-0.05, 0) is 84.0 Å². The summed E-state index contributed by atoms with van der Waals surface area (Å²) in [5, 5.41) is 54.2. The van der Waals surface area contributed by atoms with Crippen molar-refractivity contribution in [1.82, 2.24) is 67.4 Å². The zero-order chi connectivity index (χ0) is 75.3. The van der Waals surface area contributed by atoms with Crippen molar-refractivity contribution in [2.75, 3.05) is 58.1 Å². The number of anilines is 1. The van der Waals surface area contributed by atoms with Crippen molar-refractivity contribution in [1.29, 1.82) is 0 Å². The molecule has 0 bridgehead atoms. The number of ether oxygens (including phenoxy) is 1. The lowest BCUT2D eigenvalue weighted by atomic mass is 10.0. The number of aliphatic imine (C=N–C) groups is 6. The van der Waals surface area contributed by atoms with Crippen molar-refractivity contribution in [3.63, 3.8) is 0 Å². The number of hydrogen-bond acceptors (Lipinski definition) is 23. The number of fused-ring (bicyclic) bond motifs is 1. The van der Waals surface area contributed by atoms with Gasteiger partial charge in [-0.25, -0.2) is 19.7 Å². The Morgan fingerprint density at radius 2 is 0.802 bits per heavy atom. The number of nitrogens with one attached hydrogen (secondary N) is 9. The number of aliphatic hydroxyl groups is 2. The van der Waals surface area contributed by atoms with Gasteiger partial charge in [0.25, 0.3) is 5.91 Å². The third-order valence-electron chi connectivity index (χ3n) is 14.7. The predicted octanol–water partition coefficient (Wildman–Crippen LogP) is -12.1. The van der Waals surface area contributed by atoms with Crippen molar-refractivity contribution in [3.8, 4) is 0 Å². The molecule has 11 atom stereocenters. The molecule has 1 fully saturated rings. The van der Waals surface area contributed by atoms with Crippen LogP contribution in [0.2, 0.25) is 0 Å². The number of hydrogen-bond donors (Lipinski definition) is 25. The standard InChI is InChI=1S/C55H98N32O14/c1-26(80-34(89)15-22-69-33(88)14-23-70-47(98)38-36(90)37(91)48(101-38)87-25-79-35-39(56)77-24-78-40(35)87)41(92)81-27(8-2-16-71-50(57)58)42(93)82-28(9-3-17-72-51(59)60)43(94)83-29(10-4-18-73-52(61)62)44(95)84-30(11-5-19-74-53(63)64)45(96)85-31(12-6-20-75-54(65)66)46(97)86-32(49(99)100)13-7-21-76-55(67)68/h24-32,36-38,48,90-91H,2-23H2,1H3,(H,69,88)(H,70,98)(H,80,89)(H,81,92)(H,82,93)(H,83,94)(H,84,95)(H,85,96)(H,86,97)(H,99,100)(H2,56,77,78)(H4,57,58,71)(H4,59,60,72)(H4,61,62,73)(H4,63,64,74)(H4,65,66,75)(H4,67,68,76)/t26-,27-,28-,29-,30-,31-,32-,36+,37-,38+,48?/m1/s1. The predicted molar refractivity (Wildman–Crippen MR) is 367 cm³/mol. The number of aromatic nitrogens is 4. The number of carbonyl (C=O) groups is 10. The molecule has 3 heterocycles. The van der Waals surface area contributed by atoms with E-state index in [-0.39, 0.29) is 195 Å². The van der Waals surface area contributed by atoms with Gasteiger partial charge in [-0.1, -0.05) is 0 Å². The van der Waals surface area contributed by atoms with E-state index >= 15 is 0 Å². The minimum Gasteiger partial charge on any atom is -0.480 e. The van der Waals surface area contributed by atoms with Gasteiger partial charge in [-0.3, -0.25) is 77.7 Å². The van der Waals surface area contributed by atoms with Crippen LogP contribution in [0, 0.1) is 0 Å². The van der Waals surface area contributed by atoms with Crippen LogP contribution >= 0.6 is 0 Å². The minimum absolute atomic E-state index is 0.0148. The number of rotatable bonds is 46. The summed E-state index contributed by atoms with van der Waals surface area (Å²) in [5.74, 6) is -10.8. The molecule has 1 aliphatic rings. The van der Waals surface area contributed by atoms with E-state index in [4.69, 9.17) is 79.3 Å². The molecule has 0 aliphatic carbocycles. The molecule has 1 saturated heterocycles. The highest BCUT2D eigenvalue weighted by Gasteiger charge is 2.48. The van der Waals surface area contributed by atoms with Crippen LogP contribution in [0.4, 0.5) is 5.82 Å². The van der Waals surface area contributed by atoms with Crippen molar-refractivity contribution in [3.05, 3.63) is 12.7 Å². The maximum Gasteiger partial charge on any atom is 0.326 e. The molecule has 46 heteroatoms. The first kappa shape index (κ1) is 83.8. The highest BCUT2D eigenvalue weighted by atomic mass is 16.6. The lowest BCUT2D eigenvalue weighted by molar-refractivity contribution is -0.142. The summed E-state index contributed by atoms with van der Waals surface area (Å²) in [6.07, 6.45) is -4.98. The maximum atomic E-state index is 14.6. The zero-order valence-electron chi connectivity index (χ0n) is 55.9. The molecule has 1 aliphatic heterocycles. The molecule has 0 aromatic carbocycles. The number of nitrogen functional groups attached to an aromatic ring is 1. The second kappa shape index (κ2) is 43.8. The van der Waals surface area contributed by atoms with Crippen molar-refractivity contribution < 1.29 is 68.0 Å². The summed E-state index contributed by atoms with van der Waals surface area (Å²) in [6.45, 7) is 0.650. The Hall–Kier alpha value is -11.4. The first-order valence-corrected chi connectivity index (χ1v) is 32.0. The van der Waals surface area contributed by atoms with E-state index in [1.165, 1.54) is 17.8 Å². The first-order chi connectivity index (χ1) is 47.8. The smallest absolute Gasteiger partial charge is 0.326 e. The number of aliphatic hydroxyl groups excluding tert-OH is 2. The van der Waals surface area contributed by atoms with E-state index in [0.29, 0.717) is 0 Å². The van der Waals surface area contributed by atoms with Gasteiger partial charge in [0, 0.05) is 65.2 Å². The largest absolute Gasteiger partial charge is 0.480 e. The Morgan fingerprint density at radius 3 is 1.17 bits per heavy atom. The van der Waals surface area contributed by atoms with Crippen LogP contribution in [0.5, 0.6) is 0 Å². The summed E-state index contributed by atoms with van der Waals surface area (Å²) in [4.78, 5) is 172. The van der Waals surface area contributed by atoms with Crippen LogP contribution in [-0.4, -0.2) is 243 Å². The molecule has 38 N–H and O–H groups in total. The van der Waals surface area contributed by atoms with Crippen molar-refractivity contribution in [2.45, 2.75) is 164 Å². The van der Waals surface area contributed by atoms with Crippen LogP contribution in [0.15, 0.2) is 42.6 Å². The fourth-order valence-corrected chi connectivity index (χ4v) is 9.63. The molecular formula is C55H98N32O14. The van der Waals surface area contributed by atoms with Gasteiger partial charge in [-0.15, -0.1) is 0 Å². The molecule has 101 heavy (non-hydrogen) atoms. The first-order valence-electron chi connectivity index (χ1n) is 32.0. The fraction of sp³-hybridized carbons (Fsp3) is 0.618. The van der Waals surface area contributed by atoms with Crippen molar-refractivity contribution >= 4 is 112 Å². The Labute approximate surface area is 578 Å². The van der Waals surface area contributed by atoms with Crippen LogP contribution in [0.25, 0.3) is 11.2 Å². The number of carboxylic acid groups (broad SMARTS) is 1. The number of carboxylic acids is 1. The van der Waals surface area contributed by atoms with Gasteiger partial charge in [0.1, 0.15) is 66.3 Å². The van der Waals surface area contributed by atoms with Crippen LogP contribution < -0.4 is 122 Å². The summed E-state index contributed by atoms with van der Waals surface area (Å²) in [5.41, 5.74) is 72.4. The van der Waals surface area contributed by atoms with E-state index in [9.17, 15) is 63.3 Å². The third kappa shape index (κ3) is 31.3. The average Bonchev–Trinajstić information content (AvgIpc) is 1.62. The summed E-state index contributed by atoms with van der Waals surface area (Å²) >= 11 is 0. The average molecular weight is 1430 g/mol. The summed E-state index contributed by atoms with van der Waals surface area (Å²) < 4.78 is 6.95. The molecule has 2 aromatic heterocycles. The van der Waals surface area contributed by atoms with E-state index in [1.807, 2.05) is 0 Å². The highest BCUT2D eigenvalue weighted by molar-refractivity contribution is 5.98. The fourth-order valence-electron chi connectivity index (χ4n) is 9.63. The van der Waals surface area contributed by atoms with E-state index in [2.05, 4.69) is 92.8 Å². The Kier molecular flexibility index (Phi) is 36.3. The van der Waals surface area contributed by atoms with Crippen LogP contribution in [-0.2, 0) is 52.7 Å². The quantitative estimate of drug-likeness (QED) is 0.0166.